The van der Waals surface area contributed by atoms with Crippen LogP contribution in [0, 0.1) is 0 Å². The first kappa shape index (κ1) is 8.77. The van der Waals surface area contributed by atoms with Crippen LogP contribution in [-0.4, -0.2) is 11.1 Å². The zero-order chi connectivity index (χ0) is 8.97. The lowest BCUT2D eigenvalue weighted by atomic mass is 10.1. The van der Waals surface area contributed by atoms with Gasteiger partial charge >= 0.3 is 0 Å². The zero-order valence-electron chi connectivity index (χ0n) is 7.04. The van der Waals surface area contributed by atoms with E-state index in [9.17, 15) is 4.79 Å². The molecule has 1 aromatic rings. The van der Waals surface area contributed by atoms with Crippen molar-refractivity contribution in [1.29, 1.82) is 0 Å². The largest absolute Gasteiger partial charge is 0.364 e. The predicted molar refractivity (Wildman–Crippen MR) is 43.6 cm³/mol. The second kappa shape index (κ2) is 3.90. The molecule has 4 nitrogen and oxygen atoms in total. The number of carbonyl (C=O) groups is 1. The molecule has 1 amide bonds. The highest BCUT2D eigenvalue weighted by Gasteiger charge is 2.11. The summed E-state index contributed by atoms with van der Waals surface area (Å²) in [7, 11) is 0. The van der Waals surface area contributed by atoms with Crippen molar-refractivity contribution in [2.75, 3.05) is 0 Å². The van der Waals surface area contributed by atoms with Crippen molar-refractivity contribution < 1.29 is 9.32 Å². The van der Waals surface area contributed by atoms with E-state index in [0.29, 0.717) is 0 Å². The van der Waals surface area contributed by atoms with Crippen molar-refractivity contribution in [3.63, 3.8) is 0 Å². The van der Waals surface area contributed by atoms with E-state index in [4.69, 9.17) is 5.73 Å². The summed E-state index contributed by atoms with van der Waals surface area (Å²) < 4.78 is 4.65. The molecule has 1 rings (SSSR count). The summed E-state index contributed by atoms with van der Waals surface area (Å²) in [4.78, 5) is 10.7. The van der Waals surface area contributed by atoms with E-state index in [0.717, 1.165) is 24.8 Å². The first-order valence-electron chi connectivity index (χ1n) is 3.98. The maximum Gasteiger partial charge on any atom is 0.271 e. The second-order valence-electron chi connectivity index (χ2n) is 2.66. The SMILES string of the molecule is CCCCc1conc1C(N)=O. The zero-order valence-corrected chi connectivity index (χ0v) is 7.04. The summed E-state index contributed by atoms with van der Waals surface area (Å²) in [6.45, 7) is 2.08. The Balaban J connectivity index is 2.70. The van der Waals surface area contributed by atoms with Gasteiger partial charge in [0.25, 0.3) is 5.91 Å². The minimum atomic E-state index is -0.519. The highest BCUT2D eigenvalue weighted by atomic mass is 16.5. The van der Waals surface area contributed by atoms with Crippen molar-refractivity contribution in [3.8, 4) is 0 Å². The fourth-order valence-electron chi connectivity index (χ4n) is 1.00. The molecule has 0 unspecified atom stereocenters. The third kappa shape index (κ3) is 1.84. The van der Waals surface area contributed by atoms with Crippen LogP contribution in [0.4, 0.5) is 0 Å². The lowest BCUT2D eigenvalue weighted by Crippen LogP contribution is -2.13. The van der Waals surface area contributed by atoms with Crippen molar-refractivity contribution in [2.24, 2.45) is 5.73 Å². The molecule has 0 radical (unpaired) electrons. The third-order valence-corrected chi connectivity index (χ3v) is 1.68. The number of nitrogens with two attached hydrogens (primary N) is 1. The molecule has 0 atom stereocenters. The molecule has 0 bridgehead atoms. The molecule has 0 spiro atoms. The molecule has 0 aliphatic carbocycles. The van der Waals surface area contributed by atoms with E-state index in [2.05, 4.69) is 16.6 Å². The molecule has 0 fully saturated rings. The van der Waals surface area contributed by atoms with Crippen LogP contribution in [0.3, 0.4) is 0 Å². The molecule has 1 aromatic heterocycles. The number of aromatic nitrogens is 1. The third-order valence-electron chi connectivity index (χ3n) is 1.68. The molecule has 66 valence electrons. The monoisotopic (exact) mass is 168 g/mol. The molecule has 0 aromatic carbocycles. The minimum absolute atomic E-state index is 0.267. The number of primary amides is 1. The predicted octanol–water partition coefficient (Wildman–Crippen LogP) is 1.12. The molecule has 4 heteroatoms. The van der Waals surface area contributed by atoms with Gasteiger partial charge in [0.1, 0.15) is 6.26 Å². The Morgan fingerprint density at radius 1 is 1.75 bits per heavy atom. The van der Waals surface area contributed by atoms with E-state index in [1.165, 1.54) is 6.26 Å². The van der Waals surface area contributed by atoms with Crippen LogP contribution in [0.25, 0.3) is 0 Å². The molecule has 1 heterocycles. The quantitative estimate of drug-likeness (QED) is 0.732. The summed E-state index contributed by atoms with van der Waals surface area (Å²) in [6.07, 6.45) is 4.37. The topological polar surface area (TPSA) is 69.1 Å². The van der Waals surface area contributed by atoms with E-state index in [1.807, 2.05) is 0 Å². The van der Waals surface area contributed by atoms with Gasteiger partial charge < -0.3 is 10.3 Å². The van der Waals surface area contributed by atoms with Crippen LogP contribution in [0.1, 0.15) is 35.8 Å². The lowest BCUT2D eigenvalue weighted by molar-refractivity contribution is 0.0991. The van der Waals surface area contributed by atoms with Crippen LogP contribution < -0.4 is 5.73 Å². The van der Waals surface area contributed by atoms with Crippen LogP contribution >= 0.6 is 0 Å². The van der Waals surface area contributed by atoms with Crippen LogP contribution in [0.5, 0.6) is 0 Å². The Bertz CT molecular complexity index is 268. The number of amides is 1. The number of nitrogens with zero attached hydrogens (tertiary/aromatic N) is 1. The fraction of sp³-hybridized carbons (Fsp3) is 0.500. The van der Waals surface area contributed by atoms with Gasteiger partial charge in [0, 0.05) is 5.56 Å². The van der Waals surface area contributed by atoms with Gasteiger partial charge in [-0.2, -0.15) is 0 Å². The number of unbranched alkanes of at least 4 members (excludes halogenated alkanes) is 1. The normalized spacial score (nSPS) is 10.1. The smallest absolute Gasteiger partial charge is 0.271 e. The van der Waals surface area contributed by atoms with Gasteiger partial charge in [-0.05, 0) is 12.8 Å². The Kier molecular flexibility index (Phi) is 2.85. The van der Waals surface area contributed by atoms with Crippen LogP contribution in [0.2, 0.25) is 0 Å². The second-order valence-corrected chi connectivity index (χ2v) is 2.66. The number of carbonyl (C=O) groups excluding carboxylic acids is 1. The average molecular weight is 168 g/mol. The van der Waals surface area contributed by atoms with E-state index >= 15 is 0 Å². The first-order valence-corrected chi connectivity index (χ1v) is 3.98. The maximum absolute atomic E-state index is 10.7. The summed E-state index contributed by atoms with van der Waals surface area (Å²) in [5.74, 6) is -0.519. The van der Waals surface area contributed by atoms with Crippen molar-refractivity contribution >= 4 is 5.91 Å². The number of hydrogen-bond acceptors (Lipinski definition) is 3. The van der Waals surface area contributed by atoms with Gasteiger partial charge in [-0.1, -0.05) is 18.5 Å². The van der Waals surface area contributed by atoms with E-state index in [-0.39, 0.29) is 5.69 Å². The first-order chi connectivity index (χ1) is 5.75. The van der Waals surface area contributed by atoms with Crippen molar-refractivity contribution in [3.05, 3.63) is 17.5 Å². The minimum Gasteiger partial charge on any atom is -0.364 e. The van der Waals surface area contributed by atoms with Gasteiger partial charge in [-0.25, -0.2) is 0 Å². The van der Waals surface area contributed by atoms with Gasteiger partial charge in [0.05, 0.1) is 0 Å². The summed E-state index contributed by atoms with van der Waals surface area (Å²) >= 11 is 0. The molecule has 0 saturated heterocycles. The molecule has 12 heavy (non-hydrogen) atoms. The lowest BCUT2D eigenvalue weighted by Gasteiger charge is -1.94. The Hall–Kier alpha value is -1.32. The van der Waals surface area contributed by atoms with Gasteiger partial charge in [0.2, 0.25) is 0 Å². The highest BCUT2D eigenvalue weighted by molar-refractivity contribution is 5.91. The van der Waals surface area contributed by atoms with Gasteiger partial charge in [-0.3, -0.25) is 4.79 Å². The number of rotatable bonds is 4. The van der Waals surface area contributed by atoms with Gasteiger partial charge in [-0.15, -0.1) is 0 Å². The van der Waals surface area contributed by atoms with E-state index < -0.39 is 5.91 Å². The molecule has 0 aliphatic heterocycles. The van der Waals surface area contributed by atoms with Crippen molar-refractivity contribution in [2.45, 2.75) is 26.2 Å². The van der Waals surface area contributed by atoms with Gasteiger partial charge in [0.15, 0.2) is 5.69 Å². The molecular formula is C8H12N2O2. The summed E-state index contributed by atoms with van der Waals surface area (Å²) in [6, 6.07) is 0. The molecule has 2 N–H and O–H groups in total. The molecule has 0 saturated carbocycles. The Morgan fingerprint density at radius 2 is 2.50 bits per heavy atom. The number of hydrogen-bond donors (Lipinski definition) is 1. The maximum atomic E-state index is 10.7. The van der Waals surface area contributed by atoms with Crippen LogP contribution in [0.15, 0.2) is 10.8 Å². The van der Waals surface area contributed by atoms with Crippen LogP contribution in [-0.2, 0) is 6.42 Å². The Morgan fingerprint density at radius 3 is 3.08 bits per heavy atom. The molecular weight excluding hydrogens is 156 g/mol. The highest BCUT2D eigenvalue weighted by Crippen LogP contribution is 2.09. The van der Waals surface area contributed by atoms with Crippen molar-refractivity contribution in [1.82, 2.24) is 5.16 Å². The fourth-order valence-corrected chi connectivity index (χ4v) is 1.00. The standard InChI is InChI=1S/C8H12N2O2/c1-2-3-4-6-5-12-10-7(6)8(9)11/h5H,2-4H2,1H3,(H2,9,11). The van der Waals surface area contributed by atoms with E-state index in [1.54, 1.807) is 0 Å². The number of aryl methyl sites for hydroxylation is 1. The Labute approximate surface area is 70.7 Å². The summed E-state index contributed by atoms with van der Waals surface area (Å²) in [5.41, 5.74) is 6.15. The average Bonchev–Trinajstić information content (AvgIpc) is 2.48. The molecule has 0 aliphatic rings. The summed E-state index contributed by atoms with van der Waals surface area (Å²) in [5, 5.41) is 3.52.